The lowest BCUT2D eigenvalue weighted by molar-refractivity contribution is -0.109. The van der Waals surface area contributed by atoms with E-state index in [0.29, 0.717) is 11.8 Å². The van der Waals surface area contributed by atoms with E-state index in [2.05, 4.69) is 0 Å². The minimum Gasteiger partial charge on any atom is -0.376 e. The molecular weight excluding hydrogens is 197 g/mol. The third kappa shape index (κ3) is 3.11. The average molecular weight is 211 g/mol. The molecule has 0 bridgehead atoms. The summed E-state index contributed by atoms with van der Waals surface area (Å²) in [5.41, 5.74) is 4.51. The predicted molar refractivity (Wildman–Crippen MR) is 54.6 cm³/mol. The summed E-state index contributed by atoms with van der Waals surface area (Å²) in [5, 5.41) is 9.65. The molecule has 1 rings (SSSR count). The van der Waals surface area contributed by atoms with Gasteiger partial charge in [0.15, 0.2) is 0 Å². The molecule has 2 atom stereocenters. The highest BCUT2D eigenvalue weighted by Gasteiger charge is 2.28. The number of rotatable bonds is 4. The maximum atomic E-state index is 12.9. The van der Waals surface area contributed by atoms with Crippen molar-refractivity contribution in [3.05, 3.63) is 35.6 Å². The number of aldehydes is 1. The molecule has 0 radical (unpaired) electrons. The molecule has 15 heavy (non-hydrogen) atoms. The first kappa shape index (κ1) is 11.8. The summed E-state index contributed by atoms with van der Waals surface area (Å²) in [5.74, 6) is -1.00. The molecule has 0 aromatic heterocycles. The second kappa shape index (κ2) is 4.51. The standard InChI is InChI=1S/C11H14FNO2/c1-11(13,15)10(5-6-14)8-3-2-4-9(12)7-8/h2-4,6-7,10,15H,5,13H2,1H3. The van der Waals surface area contributed by atoms with Gasteiger partial charge in [-0.25, -0.2) is 4.39 Å². The Morgan fingerprint density at radius 3 is 2.80 bits per heavy atom. The summed E-state index contributed by atoms with van der Waals surface area (Å²) in [4.78, 5) is 10.5. The third-order valence-corrected chi connectivity index (χ3v) is 2.29. The van der Waals surface area contributed by atoms with Gasteiger partial charge in [-0.05, 0) is 24.6 Å². The number of carbonyl (C=O) groups is 1. The van der Waals surface area contributed by atoms with Crippen molar-refractivity contribution in [2.24, 2.45) is 5.73 Å². The molecule has 1 aromatic carbocycles. The van der Waals surface area contributed by atoms with Crippen molar-refractivity contribution < 1.29 is 14.3 Å². The zero-order valence-electron chi connectivity index (χ0n) is 8.48. The highest BCUT2D eigenvalue weighted by Crippen LogP contribution is 2.27. The lowest BCUT2D eigenvalue weighted by Gasteiger charge is -2.27. The number of hydrogen-bond donors (Lipinski definition) is 2. The second-order valence-corrected chi connectivity index (χ2v) is 3.74. The van der Waals surface area contributed by atoms with Crippen LogP contribution in [0.5, 0.6) is 0 Å². The maximum absolute atomic E-state index is 12.9. The van der Waals surface area contributed by atoms with Crippen molar-refractivity contribution in [3.63, 3.8) is 0 Å². The van der Waals surface area contributed by atoms with Crippen molar-refractivity contribution in [3.8, 4) is 0 Å². The molecular formula is C11H14FNO2. The van der Waals surface area contributed by atoms with Gasteiger partial charge in [-0.2, -0.15) is 0 Å². The molecule has 0 amide bonds. The highest BCUT2D eigenvalue weighted by atomic mass is 19.1. The Bertz CT molecular complexity index is 347. The topological polar surface area (TPSA) is 63.3 Å². The molecule has 1 aromatic rings. The highest BCUT2D eigenvalue weighted by molar-refractivity contribution is 5.52. The SMILES string of the molecule is CC(N)(O)C(CC=O)c1cccc(F)c1. The monoisotopic (exact) mass is 211 g/mol. The van der Waals surface area contributed by atoms with Crippen molar-refractivity contribution in [1.82, 2.24) is 0 Å². The van der Waals surface area contributed by atoms with E-state index in [9.17, 15) is 14.3 Å². The van der Waals surface area contributed by atoms with Gasteiger partial charge in [0.05, 0.1) is 0 Å². The van der Waals surface area contributed by atoms with Crippen molar-refractivity contribution in [1.29, 1.82) is 0 Å². The van der Waals surface area contributed by atoms with E-state index < -0.39 is 17.5 Å². The molecule has 2 unspecified atom stereocenters. The van der Waals surface area contributed by atoms with Crippen LogP contribution in [0.3, 0.4) is 0 Å². The Morgan fingerprint density at radius 1 is 1.67 bits per heavy atom. The van der Waals surface area contributed by atoms with E-state index in [1.165, 1.54) is 25.1 Å². The zero-order chi connectivity index (χ0) is 11.5. The molecule has 0 fully saturated rings. The van der Waals surface area contributed by atoms with Crippen LogP contribution in [-0.2, 0) is 4.79 Å². The summed E-state index contributed by atoms with van der Waals surface area (Å²) >= 11 is 0. The van der Waals surface area contributed by atoms with Gasteiger partial charge in [-0.1, -0.05) is 12.1 Å². The predicted octanol–water partition coefficient (Wildman–Crippen LogP) is 1.17. The first-order valence-corrected chi connectivity index (χ1v) is 4.65. The summed E-state index contributed by atoms with van der Waals surface area (Å²) in [7, 11) is 0. The molecule has 0 saturated heterocycles. The van der Waals surface area contributed by atoms with Gasteiger partial charge in [0.2, 0.25) is 0 Å². The molecule has 4 heteroatoms. The van der Waals surface area contributed by atoms with Crippen LogP contribution in [0.1, 0.15) is 24.8 Å². The molecule has 0 aliphatic carbocycles. The minimum absolute atomic E-state index is 0.0625. The van der Waals surface area contributed by atoms with E-state index >= 15 is 0 Å². The van der Waals surface area contributed by atoms with E-state index in [1.54, 1.807) is 6.07 Å². The quantitative estimate of drug-likeness (QED) is 0.580. The Morgan fingerprint density at radius 2 is 2.33 bits per heavy atom. The van der Waals surface area contributed by atoms with Crippen LogP contribution in [0.15, 0.2) is 24.3 Å². The van der Waals surface area contributed by atoms with Gasteiger partial charge in [0.25, 0.3) is 0 Å². The number of benzene rings is 1. The van der Waals surface area contributed by atoms with Crippen molar-refractivity contribution in [2.45, 2.75) is 25.0 Å². The fourth-order valence-corrected chi connectivity index (χ4v) is 1.53. The molecule has 0 aliphatic heterocycles. The Labute approximate surface area is 87.7 Å². The number of nitrogens with two attached hydrogens (primary N) is 1. The molecule has 0 saturated carbocycles. The van der Waals surface area contributed by atoms with Crippen molar-refractivity contribution >= 4 is 6.29 Å². The van der Waals surface area contributed by atoms with E-state index in [-0.39, 0.29) is 6.42 Å². The first-order chi connectivity index (χ1) is 6.95. The lowest BCUT2D eigenvalue weighted by atomic mass is 9.87. The number of hydrogen-bond acceptors (Lipinski definition) is 3. The van der Waals surface area contributed by atoms with Gasteiger partial charge in [0.1, 0.15) is 17.8 Å². The summed E-state index contributed by atoms with van der Waals surface area (Å²) in [6.45, 7) is 1.39. The van der Waals surface area contributed by atoms with Crippen LogP contribution < -0.4 is 5.73 Å². The van der Waals surface area contributed by atoms with Gasteiger partial charge in [0, 0.05) is 12.3 Å². The number of halogens is 1. The molecule has 3 N–H and O–H groups in total. The zero-order valence-corrected chi connectivity index (χ0v) is 8.48. The van der Waals surface area contributed by atoms with Gasteiger partial charge in [-0.15, -0.1) is 0 Å². The summed E-state index contributed by atoms with van der Waals surface area (Å²) in [6, 6.07) is 5.73. The normalized spacial score (nSPS) is 16.8. The van der Waals surface area contributed by atoms with Crippen LogP contribution in [0.2, 0.25) is 0 Å². The van der Waals surface area contributed by atoms with E-state index in [1.807, 2.05) is 0 Å². The Kier molecular flexibility index (Phi) is 3.55. The van der Waals surface area contributed by atoms with Crippen LogP contribution >= 0.6 is 0 Å². The molecule has 3 nitrogen and oxygen atoms in total. The van der Waals surface area contributed by atoms with Gasteiger partial charge >= 0.3 is 0 Å². The van der Waals surface area contributed by atoms with Gasteiger partial charge < -0.3 is 15.6 Å². The molecule has 0 heterocycles. The van der Waals surface area contributed by atoms with Crippen LogP contribution in [0, 0.1) is 5.82 Å². The fourth-order valence-electron chi connectivity index (χ4n) is 1.53. The van der Waals surface area contributed by atoms with Crippen molar-refractivity contribution in [2.75, 3.05) is 0 Å². The second-order valence-electron chi connectivity index (χ2n) is 3.74. The molecule has 82 valence electrons. The first-order valence-electron chi connectivity index (χ1n) is 4.65. The average Bonchev–Trinajstić information content (AvgIpc) is 2.12. The molecule has 0 aliphatic rings. The van der Waals surface area contributed by atoms with E-state index in [4.69, 9.17) is 5.73 Å². The largest absolute Gasteiger partial charge is 0.376 e. The van der Waals surface area contributed by atoms with Crippen LogP contribution in [-0.4, -0.2) is 17.1 Å². The lowest BCUT2D eigenvalue weighted by Crippen LogP contribution is -2.42. The number of carbonyl (C=O) groups excluding carboxylic acids is 1. The maximum Gasteiger partial charge on any atom is 0.123 e. The Hall–Kier alpha value is -1.26. The molecule has 0 spiro atoms. The summed E-state index contributed by atoms with van der Waals surface area (Å²) in [6.07, 6.45) is 0.726. The minimum atomic E-state index is -1.53. The Balaban J connectivity index is 3.04. The smallest absolute Gasteiger partial charge is 0.123 e. The third-order valence-electron chi connectivity index (χ3n) is 2.29. The van der Waals surface area contributed by atoms with Gasteiger partial charge in [-0.3, -0.25) is 0 Å². The summed E-state index contributed by atoms with van der Waals surface area (Å²) < 4.78 is 12.9. The van der Waals surface area contributed by atoms with Crippen LogP contribution in [0.25, 0.3) is 0 Å². The van der Waals surface area contributed by atoms with Crippen LogP contribution in [0.4, 0.5) is 4.39 Å². The number of aliphatic hydroxyl groups is 1. The fraction of sp³-hybridized carbons (Fsp3) is 0.364. The van der Waals surface area contributed by atoms with E-state index in [0.717, 1.165) is 0 Å².